The number of methoxy groups -OCH3 is 1. The van der Waals surface area contributed by atoms with Gasteiger partial charge >= 0.3 is 0 Å². The van der Waals surface area contributed by atoms with Crippen LogP contribution in [0.3, 0.4) is 0 Å². The highest BCUT2D eigenvalue weighted by atomic mass is 16.5. The highest BCUT2D eigenvalue weighted by Gasteiger charge is 2.24. The SMILES string of the molecule is COc1cccc(NC(=O)COc2ccc(C(=O)N3CC[C@@H](N)C3)cc2)c1. The van der Waals surface area contributed by atoms with Gasteiger partial charge in [-0.15, -0.1) is 0 Å². The van der Waals surface area contributed by atoms with Gasteiger partial charge in [0.1, 0.15) is 11.5 Å². The van der Waals surface area contributed by atoms with Crippen molar-refractivity contribution in [1.29, 1.82) is 0 Å². The number of likely N-dealkylation sites (tertiary alicyclic amines) is 1. The lowest BCUT2D eigenvalue weighted by molar-refractivity contribution is -0.118. The molecule has 142 valence electrons. The summed E-state index contributed by atoms with van der Waals surface area (Å²) in [5.41, 5.74) is 7.06. The highest BCUT2D eigenvalue weighted by molar-refractivity contribution is 5.94. The van der Waals surface area contributed by atoms with Crippen LogP contribution < -0.4 is 20.5 Å². The van der Waals surface area contributed by atoms with Crippen LogP contribution in [0.25, 0.3) is 0 Å². The quantitative estimate of drug-likeness (QED) is 0.811. The van der Waals surface area contributed by atoms with E-state index in [4.69, 9.17) is 15.2 Å². The Morgan fingerprint density at radius 1 is 1.19 bits per heavy atom. The summed E-state index contributed by atoms with van der Waals surface area (Å²) in [7, 11) is 1.57. The molecule has 2 amide bonds. The smallest absolute Gasteiger partial charge is 0.262 e. The molecule has 1 aliphatic heterocycles. The van der Waals surface area contributed by atoms with E-state index in [0.29, 0.717) is 35.8 Å². The van der Waals surface area contributed by atoms with E-state index in [1.807, 2.05) is 0 Å². The fourth-order valence-corrected chi connectivity index (χ4v) is 2.89. The Hall–Kier alpha value is -3.06. The third-order valence-corrected chi connectivity index (χ3v) is 4.34. The molecule has 0 spiro atoms. The molecule has 3 rings (SSSR count). The van der Waals surface area contributed by atoms with E-state index in [1.165, 1.54) is 0 Å². The topological polar surface area (TPSA) is 93.9 Å². The van der Waals surface area contributed by atoms with Crippen molar-refractivity contribution < 1.29 is 19.1 Å². The number of carbonyl (C=O) groups excluding carboxylic acids is 2. The number of nitrogens with zero attached hydrogens (tertiary/aromatic N) is 1. The summed E-state index contributed by atoms with van der Waals surface area (Å²) in [6.07, 6.45) is 0.829. The summed E-state index contributed by atoms with van der Waals surface area (Å²) >= 11 is 0. The molecule has 0 aliphatic carbocycles. The first kappa shape index (κ1) is 18.7. The van der Waals surface area contributed by atoms with Crippen LogP contribution >= 0.6 is 0 Å². The molecule has 1 saturated heterocycles. The van der Waals surface area contributed by atoms with Crippen LogP contribution in [0.1, 0.15) is 16.8 Å². The van der Waals surface area contributed by atoms with Gasteiger partial charge in [-0.2, -0.15) is 0 Å². The fraction of sp³-hybridized carbons (Fsp3) is 0.300. The Bertz CT molecular complexity index is 807. The molecule has 0 saturated carbocycles. The van der Waals surface area contributed by atoms with Crippen molar-refractivity contribution >= 4 is 17.5 Å². The normalized spacial score (nSPS) is 16.1. The van der Waals surface area contributed by atoms with Crippen molar-refractivity contribution in [2.24, 2.45) is 5.73 Å². The van der Waals surface area contributed by atoms with Crippen LogP contribution in [-0.4, -0.2) is 49.6 Å². The van der Waals surface area contributed by atoms with Crippen LogP contribution in [0.2, 0.25) is 0 Å². The van der Waals surface area contributed by atoms with E-state index in [1.54, 1.807) is 60.5 Å². The zero-order valence-corrected chi connectivity index (χ0v) is 15.2. The third-order valence-electron chi connectivity index (χ3n) is 4.34. The van der Waals surface area contributed by atoms with Gasteiger partial charge in [0, 0.05) is 36.4 Å². The second-order valence-corrected chi connectivity index (χ2v) is 6.39. The zero-order chi connectivity index (χ0) is 19.2. The van der Waals surface area contributed by atoms with Gasteiger partial charge in [-0.1, -0.05) is 6.07 Å². The average molecular weight is 369 g/mol. The maximum atomic E-state index is 12.4. The maximum Gasteiger partial charge on any atom is 0.262 e. The van der Waals surface area contributed by atoms with Crippen molar-refractivity contribution in [2.75, 3.05) is 32.1 Å². The monoisotopic (exact) mass is 369 g/mol. The van der Waals surface area contributed by atoms with Gasteiger partial charge in [-0.05, 0) is 42.8 Å². The van der Waals surface area contributed by atoms with Crippen LogP contribution in [0.5, 0.6) is 11.5 Å². The molecule has 7 nitrogen and oxygen atoms in total. The number of nitrogens with two attached hydrogens (primary N) is 1. The van der Waals surface area contributed by atoms with Crippen molar-refractivity contribution in [3.05, 3.63) is 54.1 Å². The average Bonchev–Trinajstić information content (AvgIpc) is 3.12. The summed E-state index contributed by atoms with van der Waals surface area (Å²) in [4.78, 5) is 26.1. The number of hydrogen-bond acceptors (Lipinski definition) is 5. The molecule has 27 heavy (non-hydrogen) atoms. The van der Waals surface area contributed by atoms with Crippen molar-refractivity contribution in [1.82, 2.24) is 4.90 Å². The second kappa shape index (κ2) is 8.55. The summed E-state index contributed by atoms with van der Waals surface area (Å²) < 4.78 is 10.6. The number of carbonyl (C=O) groups is 2. The molecular weight excluding hydrogens is 346 g/mol. The summed E-state index contributed by atoms with van der Waals surface area (Å²) in [6.45, 7) is 1.13. The first-order valence-electron chi connectivity index (χ1n) is 8.77. The van der Waals surface area contributed by atoms with Crippen molar-refractivity contribution in [3.8, 4) is 11.5 Å². The third kappa shape index (κ3) is 4.98. The first-order valence-corrected chi connectivity index (χ1v) is 8.77. The van der Waals surface area contributed by atoms with E-state index in [0.717, 1.165) is 6.42 Å². The number of nitrogens with one attached hydrogen (secondary N) is 1. The number of benzene rings is 2. The lowest BCUT2D eigenvalue weighted by Gasteiger charge is -2.16. The molecule has 7 heteroatoms. The minimum atomic E-state index is -0.283. The van der Waals surface area contributed by atoms with E-state index < -0.39 is 0 Å². The van der Waals surface area contributed by atoms with Crippen molar-refractivity contribution in [3.63, 3.8) is 0 Å². The van der Waals surface area contributed by atoms with Crippen LogP contribution in [0, 0.1) is 0 Å². The Labute approximate surface area is 158 Å². The molecule has 2 aromatic rings. The molecule has 0 unspecified atom stereocenters. The maximum absolute atomic E-state index is 12.4. The summed E-state index contributed by atoms with van der Waals surface area (Å²) in [5.74, 6) is 0.859. The molecule has 1 atom stereocenters. The molecule has 1 aliphatic rings. The van der Waals surface area contributed by atoms with Gasteiger partial charge in [-0.25, -0.2) is 0 Å². The van der Waals surface area contributed by atoms with E-state index in [2.05, 4.69) is 5.32 Å². The van der Waals surface area contributed by atoms with E-state index in [-0.39, 0.29) is 24.5 Å². The van der Waals surface area contributed by atoms with Gasteiger partial charge in [0.05, 0.1) is 7.11 Å². The summed E-state index contributed by atoms with van der Waals surface area (Å²) in [5, 5.41) is 2.74. The van der Waals surface area contributed by atoms with Gasteiger partial charge in [0.15, 0.2) is 6.61 Å². The van der Waals surface area contributed by atoms with Crippen LogP contribution in [0.15, 0.2) is 48.5 Å². The van der Waals surface area contributed by atoms with Crippen LogP contribution in [-0.2, 0) is 4.79 Å². The Balaban J connectivity index is 1.50. The largest absolute Gasteiger partial charge is 0.497 e. The van der Waals surface area contributed by atoms with Gasteiger partial charge in [-0.3, -0.25) is 9.59 Å². The number of rotatable bonds is 6. The standard InChI is InChI=1S/C20H23N3O4/c1-26-18-4-2-3-16(11-18)22-19(24)13-27-17-7-5-14(6-8-17)20(25)23-10-9-15(21)12-23/h2-8,11,15H,9-10,12-13,21H2,1H3,(H,22,24)/t15-/m1/s1. The highest BCUT2D eigenvalue weighted by Crippen LogP contribution is 2.18. The minimum Gasteiger partial charge on any atom is -0.497 e. The molecular formula is C20H23N3O4. The lowest BCUT2D eigenvalue weighted by Crippen LogP contribution is -2.31. The van der Waals surface area contributed by atoms with Crippen molar-refractivity contribution in [2.45, 2.75) is 12.5 Å². The minimum absolute atomic E-state index is 0.0368. The molecule has 3 N–H and O–H groups in total. The molecule has 1 heterocycles. The molecule has 0 bridgehead atoms. The van der Waals surface area contributed by atoms with Crippen LogP contribution in [0.4, 0.5) is 5.69 Å². The number of amides is 2. The molecule has 0 aromatic heterocycles. The number of anilines is 1. The Morgan fingerprint density at radius 3 is 2.63 bits per heavy atom. The van der Waals surface area contributed by atoms with Gasteiger partial charge in [0.2, 0.25) is 0 Å². The van der Waals surface area contributed by atoms with Gasteiger partial charge in [0.25, 0.3) is 11.8 Å². The summed E-state index contributed by atoms with van der Waals surface area (Å²) in [6, 6.07) is 13.9. The number of ether oxygens (including phenoxy) is 2. The molecule has 2 aromatic carbocycles. The lowest BCUT2D eigenvalue weighted by atomic mass is 10.2. The molecule has 0 radical (unpaired) electrons. The van der Waals surface area contributed by atoms with E-state index in [9.17, 15) is 9.59 Å². The zero-order valence-electron chi connectivity index (χ0n) is 15.2. The Morgan fingerprint density at radius 2 is 1.96 bits per heavy atom. The fourth-order valence-electron chi connectivity index (χ4n) is 2.89. The Kier molecular flexibility index (Phi) is 5.93. The number of hydrogen-bond donors (Lipinski definition) is 2. The predicted molar refractivity (Wildman–Crippen MR) is 102 cm³/mol. The molecule has 1 fully saturated rings. The predicted octanol–water partition coefficient (Wildman–Crippen LogP) is 1.89. The first-order chi connectivity index (χ1) is 13.0. The van der Waals surface area contributed by atoms with E-state index >= 15 is 0 Å². The second-order valence-electron chi connectivity index (χ2n) is 6.39. The van der Waals surface area contributed by atoms with Gasteiger partial charge < -0.3 is 25.4 Å².